The zero-order chi connectivity index (χ0) is 21.0. The number of aliphatic hydroxyl groups is 1. The molecule has 0 saturated heterocycles. The molecule has 0 aliphatic heterocycles. The first-order valence-corrected chi connectivity index (χ1v) is 6.45. The minimum atomic E-state index is -1.91. The summed E-state index contributed by atoms with van der Waals surface area (Å²) >= 11 is 0. The molecule has 0 fully saturated rings. The molecule has 0 bridgehead atoms. The number of carboxylic acids is 6. The van der Waals surface area contributed by atoms with E-state index in [1.165, 1.54) is 0 Å². The quantitative estimate of drug-likeness (QED) is 0.199. The molecule has 0 aromatic carbocycles. The van der Waals surface area contributed by atoms with Gasteiger partial charge in [0.05, 0.1) is 19.3 Å². The van der Waals surface area contributed by atoms with E-state index in [1.54, 1.807) is 0 Å². The summed E-state index contributed by atoms with van der Waals surface area (Å²) in [7, 11) is 0. The number of hydrogen-bond donors (Lipinski definition) is 7. The molecule has 0 spiro atoms. The van der Waals surface area contributed by atoms with Gasteiger partial charge in [0.15, 0.2) is 18.3 Å². The van der Waals surface area contributed by atoms with E-state index in [1.807, 2.05) is 0 Å². The number of ether oxygens (including phenoxy) is 1. The van der Waals surface area contributed by atoms with E-state index in [0.29, 0.717) is 0 Å². The lowest BCUT2D eigenvalue weighted by molar-refractivity contribution is -0.172. The topological polar surface area (TPSA) is 253 Å². The molecule has 0 saturated carbocycles. The van der Waals surface area contributed by atoms with Gasteiger partial charge in [0.1, 0.15) is 0 Å². The van der Waals surface area contributed by atoms with Gasteiger partial charge in [0, 0.05) is 0 Å². The first-order valence-electron chi connectivity index (χ1n) is 6.45. The highest BCUT2D eigenvalue weighted by Gasteiger charge is 2.30. The molecule has 0 rings (SSSR count). The lowest BCUT2D eigenvalue weighted by Crippen LogP contribution is -2.36. The Kier molecular flexibility index (Phi) is 11.7. The summed E-state index contributed by atoms with van der Waals surface area (Å²) in [6.07, 6.45) is -8.28. The fourth-order valence-corrected chi connectivity index (χ4v) is 1.16. The number of rotatable bonds is 11. The Balaban J connectivity index is 0. The van der Waals surface area contributed by atoms with Gasteiger partial charge in [0.25, 0.3) is 0 Å². The van der Waals surface area contributed by atoms with E-state index < -0.39 is 73.4 Å². The van der Waals surface area contributed by atoms with E-state index in [9.17, 15) is 28.8 Å². The SMILES string of the molecule is O=C(O)CC(O)C(=O)O.O=C(O)CC(OC(CC(=O)O)C(=O)O)C(=O)O. The monoisotopic (exact) mass is 384 g/mol. The van der Waals surface area contributed by atoms with Crippen LogP contribution in [0.1, 0.15) is 19.3 Å². The summed E-state index contributed by atoms with van der Waals surface area (Å²) in [5, 5.41) is 58.0. The maximum atomic E-state index is 10.6. The third-order valence-corrected chi connectivity index (χ3v) is 2.25. The number of carboxylic acid groups (broad SMARTS) is 6. The second-order valence-electron chi connectivity index (χ2n) is 4.44. The Morgan fingerprint density at radius 1 is 0.577 bits per heavy atom. The predicted octanol–water partition coefficient (Wildman–Crippen LogP) is -2.23. The fourth-order valence-electron chi connectivity index (χ4n) is 1.16. The number of hydrogen-bond acceptors (Lipinski definition) is 8. The normalized spacial score (nSPS) is 13.3. The Hall–Kier alpha value is -3.26. The molecule has 0 aromatic rings. The van der Waals surface area contributed by atoms with Gasteiger partial charge in [0.2, 0.25) is 0 Å². The zero-order valence-electron chi connectivity index (χ0n) is 12.8. The maximum Gasteiger partial charge on any atom is 0.333 e. The van der Waals surface area contributed by atoms with Crippen LogP contribution in [0.5, 0.6) is 0 Å². The maximum absolute atomic E-state index is 10.6. The minimum absolute atomic E-state index is 0.755. The highest BCUT2D eigenvalue weighted by Crippen LogP contribution is 2.08. The molecule has 0 aliphatic rings. The highest BCUT2D eigenvalue weighted by molar-refractivity contribution is 5.82. The van der Waals surface area contributed by atoms with Crippen molar-refractivity contribution in [2.24, 2.45) is 0 Å². The minimum Gasteiger partial charge on any atom is -0.481 e. The molecule has 0 amide bonds. The summed E-state index contributed by atoms with van der Waals surface area (Å²) in [4.78, 5) is 61.1. The fraction of sp³-hybridized carbons (Fsp3) is 0.500. The van der Waals surface area contributed by atoms with Crippen LogP contribution in [-0.2, 0) is 33.5 Å². The molecular formula is C12H16O14. The molecular weight excluding hydrogens is 368 g/mol. The highest BCUT2D eigenvalue weighted by atomic mass is 16.5. The van der Waals surface area contributed by atoms with Gasteiger partial charge < -0.3 is 40.5 Å². The largest absolute Gasteiger partial charge is 0.481 e. The van der Waals surface area contributed by atoms with Crippen LogP contribution < -0.4 is 0 Å². The third kappa shape index (κ3) is 13.2. The van der Waals surface area contributed by atoms with Crippen molar-refractivity contribution in [3.8, 4) is 0 Å². The van der Waals surface area contributed by atoms with Crippen LogP contribution in [0.25, 0.3) is 0 Å². The number of aliphatic hydroxyl groups excluding tert-OH is 1. The van der Waals surface area contributed by atoms with E-state index >= 15 is 0 Å². The zero-order valence-corrected chi connectivity index (χ0v) is 12.8. The van der Waals surface area contributed by atoms with Crippen molar-refractivity contribution in [2.75, 3.05) is 0 Å². The van der Waals surface area contributed by atoms with Crippen LogP contribution in [0.3, 0.4) is 0 Å². The van der Waals surface area contributed by atoms with Crippen molar-refractivity contribution in [1.82, 2.24) is 0 Å². The molecule has 0 aromatic heterocycles. The molecule has 0 radical (unpaired) electrons. The molecule has 26 heavy (non-hydrogen) atoms. The Labute approximate surface area is 143 Å². The van der Waals surface area contributed by atoms with E-state index in [0.717, 1.165) is 0 Å². The second-order valence-corrected chi connectivity index (χ2v) is 4.44. The van der Waals surface area contributed by atoms with Gasteiger partial charge >= 0.3 is 35.8 Å². The van der Waals surface area contributed by atoms with Crippen molar-refractivity contribution in [3.05, 3.63) is 0 Å². The summed E-state index contributed by atoms with van der Waals surface area (Å²) in [5.74, 6) is -9.20. The summed E-state index contributed by atoms with van der Waals surface area (Å²) in [6, 6.07) is 0. The van der Waals surface area contributed by atoms with Gasteiger partial charge in [-0.1, -0.05) is 0 Å². The third-order valence-electron chi connectivity index (χ3n) is 2.25. The van der Waals surface area contributed by atoms with Gasteiger partial charge in [-0.25, -0.2) is 14.4 Å². The van der Waals surface area contributed by atoms with Crippen LogP contribution in [0.15, 0.2) is 0 Å². The first-order chi connectivity index (χ1) is 11.8. The average Bonchev–Trinajstić information content (AvgIpc) is 2.44. The predicted molar refractivity (Wildman–Crippen MR) is 74.3 cm³/mol. The molecule has 7 N–H and O–H groups in total. The molecule has 14 nitrogen and oxygen atoms in total. The van der Waals surface area contributed by atoms with Crippen molar-refractivity contribution < 1.29 is 69.2 Å². The van der Waals surface area contributed by atoms with Crippen LogP contribution in [0, 0.1) is 0 Å². The molecule has 148 valence electrons. The van der Waals surface area contributed by atoms with Crippen molar-refractivity contribution >= 4 is 35.8 Å². The van der Waals surface area contributed by atoms with Crippen molar-refractivity contribution in [1.29, 1.82) is 0 Å². The smallest absolute Gasteiger partial charge is 0.333 e. The van der Waals surface area contributed by atoms with Crippen LogP contribution in [-0.4, -0.2) is 89.9 Å². The number of aliphatic carboxylic acids is 6. The van der Waals surface area contributed by atoms with Crippen LogP contribution >= 0.6 is 0 Å². The molecule has 14 heteroatoms. The summed E-state index contributed by atoms with van der Waals surface area (Å²) in [6.45, 7) is 0. The standard InChI is InChI=1S/C8H10O9.C4H6O5/c9-5(10)1-3(7(13)14)17-4(8(15)16)2-6(11)12;5-2(4(8)9)1-3(6)7/h3-4H,1-2H2,(H,9,10)(H,11,12)(H,13,14)(H,15,16);2,5H,1H2,(H,6,7)(H,8,9). The summed E-state index contributed by atoms with van der Waals surface area (Å²) in [5.41, 5.74) is 0. The molecule has 0 heterocycles. The lowest BCUT2D eigenvalue weighted by Gasteiger charge is -2.16. The van der Waals surface area contributed by atoms with Gasteiger partial charge in [-0.05, 0) is 0 Å². The van der Waals surface area contributed by atoms with Crippen LogP contribution in [0.2, 0.25) is 0 Å². The average molecular weight is 384 g/mol. The van der Waals surface area contributed by atoms with E-state index in [-0.39, 0.29) is 0 Å². The Morgan fingerprint density at radius 2 is 0.885 bits per heavy atom. The second kappa shape index (κ2) is 12.2. The Morgan fingerprint density at radius 3 is 1.04 bits per heavy atom. The van der Waals surface area contributed by atoms with E-state index in [2.05, 4.69) is 4.74 Å². The molecule has 3 atom stereocenters. The van der Waals surface area contributed by atoms with E-state index in [4.69, 9.17) is 35.7 Å². The van der Waals surface area contributed by atoms with Gasteiger partial charge in [-0.3, -0.25) is 14.4 Å². The van der Waals surface area contributed by atoms with Crippen molar-refractivity contribution in [3.63, 3.8) is 0 Å². The lowest BCUT2D eigenvalue weighted by atomic mass is 10.2. The molecule has 3 unspecified atom stereocenters. The van der Waals surface area contributed by atoms with Gasteiger partial charge in [-0.15, -0.1) is 0 Å². The Bertz CT molecular complexity index is 520. The van der Waals surface area contributed by atoms with Crippen LogP contribution in [0.4, 0.5) is 0 Å². The number of carbonyl (C=O) groups is 6. The van der Waals surface area contributed by atoms with Gasteiger partial charge in [-0.2, -0.15) is 0 Å². The first kappa shape index (κ1) is 25.0. The summed E-state index contributed by atoms with van der Waals surface area (Å²) < 4.78 is 4.43. The van der Waals surface area contributed by atoms with Crippen molar-refractivity contribution in [2.45, 2.75) is 37.6 Å². The molecule has 0 aliphatic carbocycles.